The van der Waals surface area contributed by atoms with Crippen molar-refractivity contribution in [2.45, 2.75) is 19.9 Å². The van der Waals surface area contributed by atoms with Crippen LogP contribution in [0.5, 0.6) is 0 Å². The first-order valence-electron chi connectivity index (χ1n) is 5.06. The van der Waals surface area contributed by atoms with Crippen LogP contribution in [0.3, 0.4) is 0 Å². The minimum atomic E-state index is 0.190. The number of carbonyl (C=O) groups excluding carboxylic acids is 1. The molecule has 0 N–H and O–H groups in total. The molecule has 0 saturated heterocycles. The van der Waals surface area contributed by atoms with Crippen molar-refractivity contribution < 1.29 is 4.79 Å². The lowest BCUT2D eigenvalue weighted by Crippen LogP contribution is -2.04. The summed E-state index contributed by atoms with van der Waals surface area (Å²) < 4.78 is 0. The van der Waals surface area contributed by atoms with Gasteiger partial charge in [0.2, 0.25) is 5.82 Å². The van der Waals surface area contributed by atoms with Gasteiger partial charge in [0.1, 0.15) is 6.29 Å². The maximum Gasteiger partial charge on any atom is 0.204 e. The third-order valence-corrected chi connectivity index (χ3v) is 2.20. The predicted molar refractivity (Wildman–Crippen MR) is 59.0 cm³/mol. The van der Waals surface area contributed by atoms with E-state index < -0.39 is 0 Å². The van der Waals surface area contributed by atoms with E-state index in [1.807, 2.05) is 26.0 Å². The van der Waals surface area contributed by atoms with Crippen molar-refractivity contribution in [2.75, 3.05) is 0 Å². The van der Waals surface area contributed by atoms with Crippen LogP contribution in [0.15, 0.2) is 24.3 Å². The van der Waals surface area contributed by atoms with E-state index in [4.69, 9.17) is 0 Å². The van der Waals surface area contributed by atoms with Gasteiger partial charge < -0.3 is 0 Å². The Morgan fingerprint density at radius 2 is 1.94 bits per heavy atom. The highest BCUT2D eigenvalue weighted by molar-refractivity contribution is 5.76. The normalized spacial score (nSPS) is 10.7. The third-order valence-electron chi connectivity index (χ3n) is 2.20. The molecule has 82 valence electrons. The van der Waals surface area contributed by atoms with Crippen LogP contribution in [0.2, 0.25) is 0 Å². The molecule has 0 unspecified atom stereocenters. The van der Waals surface area contributed by atoms with Crippen molar-refractivity contribution in [3.8, 4) is 11.4 Å². The van der Waals surface area contributed by atoms with Crippen LogP contribution < -0.4 is 0 Å². The Balaban J connectivity index is 2.31. The van der Waals surface area contributed by atoms with Crippen LogP contribution in [0.25, 0.3) is 11.4 Å². The van der Waals surface area contributed by atoms with Crippen LogP contribution in [0.1, 0.15) is 30.2 Å². The Morgan fingerprint density at radius 3 is 2.44 bits per heavy atom. The number of nitrogens with zero attached hydrogens (tertiary/aromatic N) is 4. The molecule has 0 aliphatic carbocycles. The lowest BCUT2D eigenvalue weighted by atomic mass is 10.1. The molecule has 1 heterocycles. The van der Waals surface area contributed by atoms with Crippen molar-refractivity contribution in [2.24, 2.45) is 0 Å². The van der Waals surface area contributed by atoms with Gasteiger partial charge in [-0.2, -0.15) is 4.80 Å². The molecule has 0 bridgehead atoms. The Bertz CT molecular complexity index is 487. The standard InChI is InChI=1S/C11H12N4O/c1-8(2)15-13-11(12-14-15)10-5-3-9(7-16)4-6-10/h3-8H,1-2H3. The zero-order valence-corrected chi connectivity index (χ0v) is 9.16. The maximum absolute atomic E-state index is 10.5. The molecule has 0 saturated carbocycles. The zero-order chi connectivity index (χ0) is 11.5. The fourth-order valence-electron chi connectivity index (χ4n) is 1.27. The van der Waals surface area contributed by atoms with Crippen LogP contribution in [-0.2, 0) is 0 Å². The Kier molecular flexibility index (Phi) is 2.76. The van der Waals surface area contributed by atoms with Gasteiger partial charge in [-0.15, -0.1) is 10.2 Å². The number of hydrogen-bond donors (Lipinski definition) is 0. The average Bonchev–Trinajstić information content (AvgIpc) is 2.78. The Hall–Kier alpha value is -2.04. The molecule has 0 amide bonds. The summed E-state index contributed by atoms with van der Waals surface area (Å²) in [5, 5.41) is 12.1. The first-order valence-corrected chi connectivity index (χ1v) is 5.06. The van der Waals surface area contributed by atoms with E-state index in [1.54, 1.807) is 16.9 Å². The SMILES string of the molecule is CC(C)n1nnc(-c2ccc(C=O)cc2)n1. The quantitative estimate of drug-likeness (QED) is 0.733. The second kappa shape index (κ2) is 4.22. The second-order valence-corrected chi connectivity index (χ2v) is 3.77. The summed E-state index contributed by atoms with van der Waals surface area (Å²) >= 11 is 0. The summed E-state index contributed by atoms with van der Waals surface area (Å²) in [4.78, 5) is 12.1. The number of tetrazole rings is 1. The number of hydrogen-bond acceptors (Lipinski definition) is 4. The number of aldehydes is 1. The van der Waals surface area contributed by atoms with E-state index in [2.05, 4.69) is 15.4 Å². The zero-order valence-electron chi connectivity index (χ0n) is 9.16. The molecular weight excluding hydrogens is 204 g/mol. The molecule has 5 nitrogen and oxygen atoms in total. The van der Waals surface area contributed by atoms with E-state index in [0.717, 1.165) is 11.8 Å². The van der Waals surface area contributed by atoms with E-state index in [1.165, 1.54) is 0 Å². The molecule has 1 aromatic heterocycles. The van der Waals surface area contributed by atoms with Gasteiger partial charge in [0.15, 0.2) is 0 Å². The molecule has 0 aliphatic heterocycles. The molecule has 0 fully saturated rings. The summed E-state index contributed by atoms with van der Waals surface area (Å²) in [6, 6.07) is 7.28. The average molecular weight is 216 g/mol. The van der Waals surface area contributed by atoms with Gasteiger partial charge in [-0.3, -0.25) is 4.79 Å². The van der Waals surface area contributed by atoms with Gasteiger partial charge >= 0.3 is 0 Å². The largest absolute Gasteiger partial charge is 0.298 e. The van der Waals surface area contributed by atoms with Crippen molar-refractivity contribution in [1.82, 2.24) is 20.2 Å². The summed E-state index contributed by atoms with van der Waals surface area (Å²) in [7, 11) is 0. The Morgan fingerprint density at radius 1 is 1.25 bits per heavy atom. The highest BCUT2D eigenvalue weighted by Gasteiger charge is 2.07. The number of benzene rings is 1. The molecule has 5 heteroatoms. The second-order valence-electron chi connectivity index (χ2n) is 3.77. The minimum Gasteiger partial charge on any atom is -0.298 e. The molecular formula is C11H12N4O. The Labute approximate surface area is 93.1 Å². The molecule has 0 aliphatic rings. The number of carbonyl (C=O) groups is 1. The molecule has 1 aromatic carbocycles. The van der Waals surface area contributed by atoms with Gasteiger partial charge in [0.25, 0.3) is 0 Å². The fraction of sp³-hybridized carbons (Fsp3) is 0.273. The molecule has 2 rings (SSSR count). The van der Waals surface area contributed by atoms with Gasteiger partial charge in [-0.25, -0.2) is 0 Å². The first kappa shape index (κ1) is 10.5. The van der Waals surface area contributed by atoms with E-state index in [-0.39, 0.29) is 6.04 Å². The first-order chi connectivity index (χ1) is 7.70. The third kappa shape index (κ3) is 1.98. The predicted octanol–water partition coefficient (Wildman–Crippen LogP) is 1.73. The number of rotatable bonds is 3. The van der Waals surface area contributed by atoms with Crippen molar-refractivity contribution >= 4 is 6.29 Å². The molecule has 0 spiro atoms. The minimum absolute atomic E-state index is 0.190. The summed E-state index contributed by atoms with van der Waals surface area (Å²) in [6.07, 6.45) is 0.808. The van der Waals surface area contributed by atoms with Crippen LogP contribution in [0, 0.1) is 0 Å². The van der Waals surface area contributed by atoms with Crippen molar-refractivity contribution in [1.29, 1.82) is 0 Å². The van der Waals surface area contributed by atoms with Crippen molar-refractivity contribution in [3.05, 3.63) is 29.8 Å². The summed E-state index contributed by atoms with van der Waals surface area (Å²) in [5.41, 5.74) is 1.50. The molecule has 0 atom stereocenters. The highest BCUT2D eigenvalue weighted by atomic mass is 16.1. The summed E-state index contributed by atoms with van der Waals surface area (Å²) in [5.74, 6) is 0.575. The molecule has 2 aromatic rings. The van der Waals surface area contributed by atoms with E-state index in [0.29, 0.717) is 11.4 Å². The topological polar surface area (TPSA) is 60.7 Å². The van der Waals surface area contributed by atoms with Gasteiger partial charge in [-0.05, 0) is 19.1 Å². The lowest BCUT2D eigenvalue weighted by Gasteiger charge is -1.99. The smallest absolute Gasteiger partial charge is 0.204 e. The number of aromatic nitrogens is 4. The van der Waals surface area contributed by atoms with Crippen molar-refractivity contribution in [3.63, 3.8) is 0 Å². The summed E-state index contributed by atoms with van der Waals surface area (Å²) in [6.45, 7) is 3.97. The monoisotopic (exact) mass is 216 g/mol. The maximum atomic E-state index is 10.5. The molecule has 0 radical (unpaired) electrons. The van der Waals surface area contributed by atoms with Gasteiger partial charge in [0, 0.05) is 11.1 Å². The fourth-order valence-corrected chi connectivity index (χ4v) is 1.27. The van der Waals surface area contributed by atoms with E-state index >= 15 is 0 Å². The van der Waals surface area contributed by atoms with E-state index in [9.17, 15) is 4.79 Å². The van der Waals surface area contributed by atoms with Gasteiger partial charge in [-0.1, -0.05) is 24.3 Å². The van der Waals surface area contributed by atoms with Crippen LogP contribution in [0.4, 0.5) is 0 Å². The van der Waals surface area contributed by atoms with Crippen LogP contribution in [-0.4, -0.2) is 26.5 Å². The van der Waals surface area contributed by atoms with Crippen LogP contribution >= 0.6 is 0 Å². The van der Waals surface area contributed by atoms with Gasteiger partial charge in [0.05, 0.1) is 6.04 Å². The lowest BCUT2D eigenvalue weighted by molar-refractivity contribution is 0.112. The highest BCUT2D eigenvalue weighted by Crippen LogP contribution is 2.14. The molecule has 16 heavy (non-hydrogen) atoms.